The van der Waals surface area contributed by atoms with Crippen molar-refractivity contribution in [1.82, 2.24) is 15.6 Å². The number of anilines is 1. The second-order valence-corrected chi connectivity index (χ2v) is 8.24. The molecule has 8 heteroatoms. The maximum absolute atomic E-state index is 12.1. The third kappa shape index (κ3) is 4.12. The lowest BCUT2D eigenvalue weighted by atomic mass is 10.1. The molecule has 0 spiro atoms. The number of piperidine rings is 1. The Balaban J connectivity index is 1.43. The van der Waals surface area contributed by atoms with E-state index in [0.29, 0.717) is 18.7 Å². The standard InChI is InChI=1S/C19H17BrN4O2S/c20-12-5-8-16-15(10-12)23-18(27-16)11-3-6-13(7-4-11)22-19(26)24-14-2-1-9-21-17(14)25/h3-8,10,14H,1-2,9H2,(H,21,25)(H2,22,24,26)/t14-/m0/s1. The van der Waals surface area contributed by atoms with Crippen LogP contribution in [0.4, 0.5) is 10.5 Å². The van der Waals surface area contributed by atoms with Crippen LogP contribution < -0.4 is 16.0 Å². The van der Waals surface area contributed by atoms with Gasteiger partial charge in [0.05, 0.1) is 10.2 Å². The van der Waals surface area contributed by atoms with E-state index in [0.717, 1.165) is 31.7 Å². The predicted octanol–water partition coefficient (Wildman–Crippen LogP) is 4.13. The van der Waals surface area contributed by atoms with E-state index in [-0.39, 0.29) is 11.9 Å². The summed E-state index contributed by atoms with van der Waals surface area (Å²) in [7, 11) is 0. The predicted molar refractivity (Wildman–Crippen MR) is 111 cm³/mol. The van der Waals surface area contributed by atoms with Gasteiger partial charge in [-0.15, -0.1) is 11.3 Å². The lowest BCUT2D eigenvalue weighted by Gasteiger charge is -2.22. The highest BCUT2D eigenvalue weighted by molar-refractivity contribution is 9.10. The molecule has 1 aromatic heterocycles. The Kier molecular flexibility index (Phi) is 5.09. The Morgan fingerprint density at radius 3 is 2.81 bits per heavy atom. The van der Waals surface area contributed by atoms with Gasteiger partial charge < -0.3 is 16.0 Å². The van der Waals surface area contributed by atoms with E-state index in [2.05, 4.69) is 36.9 Å². The maximum atomic E-state index is 12.1. The largest absolute Gasteiger partial charge is 0.354 e. The van der Waals surface area contributed by atoms with Crippen molar-refractivity contribution >= 4 is 55.1 Å². The van der Waals surface area contributed by atoms with E-state index in [1.54, 1.807) is 11.3 Å². The van der Waals surface area contributed by atoms with Gasteiger partial charge in [0.15, 0.2) is 0 Å². The average Bonchev–Trinajstić information content (AvgIpc) is 3.07. The molecular weight excluding hydrogens is 428 g/mol. The minimum Gasteiger partial charge on any atom is -0.354 e. The summed E-state index contributed by atoms with van der Waals surface area (Å²) in [5.41, 5.74) is 2.61. The summed E-state index contributed by atoms with van der Waals surface area (Å²) < 4.78 is 2.13. The van der Waals surface area contributed by atoms with Crippen molar-refractivity contribution in [3.63, 3.8) is 0 Å². The van der Waals surface area contributed by atoms with Crippen LogP contribution >= 0.6 is 27.3 Å². The molecule has 0 bridgehead atoms. The molecule has 138 valence electrons. The zero-order valence-corrected chi connectivity index (χ0v) is 16.7. The Bertz CT molecular complexity index is 1000. The molecule has 4 rings (SSSR count). The number of nitrogens with one attached hydrogen (secondary N) is 3. The molecule has 27 heavy (non-hydrogen) atoms. The van der Waals surface area contributed by atoms with Gasteiger partial charge in [-0.3, -0.25) is 4.79 Å². The minimum absolute atomic E-state index is 0.130. The normalized spacial score (nSPS) is 16.8. The number of thiazole rings is 1. The van der Waals surface area contributed by atoms with Crippen molar-refractivity contribution in [2.45, 2.75) is 18.9 Å². The highest BCUT2D eigenvalue weighted by Crippen LogP contribution is 2.32. The second kappa shape index (κ2) is 7.66. The van der Waals surface area contributed by atoms with Crippen LogP contribution in [0.15, 0.2) is 46.9 Å². The zero-order chi connectivity index (χ0) is 18.8. The van der Waals surface area contributed by atoms with E-state index in [4.69, 9.17) is 0 Å². The third-order valence-electron chi connectivity index (χ3n) is 4.33. The van der Waals surface area contributed by atoms with Crippen LogP contribution in [-0.4, -0.2) is 29.5 Å². The lowest BCUT2D eigenvalue weighted by Crippen LogP contribution is -2.51. The van der Waals surface area contributed by atoms with Crippen LogP contribution in [0.2, 0.25) is 0 Å². The van der Waals surface area contributed by atoms with Crippen LogP contribution in [-0.2, 0) is 4.79 Å². The lowest BCUT2D eigenvalue weighted by molar-refractivity contribution is -0.124. The first-order valence-corrected chi connectivity index (χ1v) is 10.2. The molecule has 3 amide bonds. The number of nitrogens with zero attached hydrogens (tertiary/aromatic N) is 1. The van der Waals surface area contributed by atoms with Crippen LogP contribution in [0.25, 0.3) is 20.8 Å². The van der Waals surface area contributed by atoms with Gasteiger partial charge in [0.25, 0.3) is 0 Å². The number of rotatable bonds is 3. The van der Waals surface area contributed by atoms with Crippen molar-refractivity contribution in [2.24, 2.45) is 0 Å². The van der Waals surface area contributed by atoms with Gasteiger partial charge in [0.2, 0.25) is 5.91 Å². The highest BCUT2D eigenvalue weighted by Gasteiger charge is 2.23. The number of halogens is 1. The summed E-state index contributed by atoms with van der Waals surface area (Å²) in [5, 5.41) is 9.16. The zero-order valence-electron chi connectivity index (χ0n) is 14.3. The van der Waals surface area contributed by atoms with Gasteiger partial charge in [-0.05, 0) is 55.3 Å². The Morgan fingerprint density at radius 1 is 1.22 bits per heavy atom. The number of urea groups is 1. The molecule has 2 aromatic carbocycles. The summed E-state index contributed by atoms with van der Waals surface area (Å²) in [4.78, 5) is 28.5. The van der Waals surface area contributed by atoms with E-state index >= 15 is 0 Å². The first-order valence-electron chi connectivity index (χ1n) is 8.60. The number of hydrogen-bond acceptors (Lipinski definition) is 4. The fraction of sp³-hybridized carbons (Fsp3) is 0.211. The number of aromatic nitrogens is 1. The molecule has 1 atom stereocenters. The molecular formula is C19H17BrN4O2S. The molecule has 0 unspecified atom stereocenters. The Morgan fingerprint density at radius 2 is 2.04 bits per heavy atom. The Hall–Kier alpha value is -2.45. The number of amides is 3. The molecule has 6 nitrogen and oxygen atoms in total. The molecule has 3 N–H and O–H groups in total. The highest BCUT2D eigenvalue weighted by atomic mass is 79.9. The summed E-state index contributed by atoms with van der Waals surface area (Å²) in [6, 6.07) is 12.7. The fourth-order valence-electron chi connectivity index (χ4n) is 2.96. The van der Waals surface area contributed by atoms with Gasteiger partial charge >= 0.3 is 6.03 Å². The fourth-order valence-corrected chi connectivity index (χ4v) is 4.26. The first-order chi connectivity index (χ1) is 13.1. The quantitative estimate of drug-likeness (QED) is 0.567. The molecule has 1 aliphatic rings. The van der Waals surface area contributed by atoms with Crippen molar-refractivity contribution in [3.8, 4) is 10.6 Å². The van der Waals surface area contributed by atoms with Crippen molar-refractivity contribution < 1.29 is 9.59 Å². The summed E-state index contributed by atoms with van der Waals surface area (Å²) in [5.74, 6) is -0.130. The van der Waals surface area contributed by atoms with E-state index in [1.807, 2.05) is 42.5 Å². The third-order valence-corrected chi connectivity index (χ3v) is 5.91. The Labute approximate surface area is 168 Å². The molecule has 2 heterocycles. The molecule has 1 aliphatic heterocycles. The van der Waals surface area contributed by atoms with Crippen LogP contribution in [0.3, 0.4) is 0 Å². The molecule has 0 saturated carbocycles. The van der Waals surface area contributed by atoms with Crippen molar-refractivity contribution in [3.05, 3.63) is 46.9 Å². The molecule has 0 radical (unpaired) electrons. The van der Waals surface area contributed by atoms with Gasteiger partial charge in [0.1, 0.15) is 11.0 Å². The summed E-state index contributed by atoms with van der Waals surface area (Å²) in [6.07, 6.45) is 1.52. The smallest absolute Gasteiger partial charge is 0.319 e. The molecule has 1 fully saturated rings. The van der Waals surface area contributed by atoms with Crippen molar-refractivity contribution in [2.75, 3.05) is 11.9 Å². The number of benzene rings is 2. The summed E-state index contributed by atoms with van der Waals surface area (Å²) >= 11 is 5.09. The molecule has 1 saturated heterocycles. The maximum Gasteiger partial charge on any atom is 0.319 e. The van der Waals surface area contributed by atoms with E-state index in [9.17, 15) is 9.59 Å². The number of fused-ring (bicyclic) bond motifs is 1. The van der Waals surface area contributed by atoms with Gasteiger partial charge in [-0.25, -0.2) is 9.78 Å². The van der Waals surface area contributed by atoms with Gasteiger partial charge in [0, 0.05) is 22.3 Å². The van der Waals surface area contributed by atoms with E-state index < -0.39 is 6.04 Å². The second-order valence-electron chi connectivity index (χ2n) is 6.29. The number of hydrogen-bond donors (Lipinski definition) is 3. The molecule has 0 aliphatic carbocycles. The minimum atomic E-state index is -0.472. The van der Waals surface area contributed by atoms with Crippen molar-refractivity contribution in [1.29, 1.82) is 0 Å². The monoisotopic (exact) mass is 444 g/mol. The SMILES string of the molecule is O=C(Nc1ccc(-c2nc3cc(Br)ccc3s2)cc1)N[C@H]1CCCNC1=O. The average molecular weight is 445 g/mol. The molecule has 3 aromatic rings. The first kappa shape index (κ1) is 17.9. The summed E-state index contributed by atoms with van der Waals surface area (Å²) in [6.45, 7) is 0.669. The van der Waals surface area contributed by atoms with E-state index in [1.165, 1.54) is 0 Å². The number of carbonyl (C=O) groups excluding carboxylic acids is 2. The van der Waals surface area contributed by atoms with Crippen LogP contribution in [0, 0.1) is 0 Å². The topological polar surface area (TPSA) is 83.1 Å². The van der Waals surface area contributed by atoms with Gasteiger partial charge in [-0.1, -0.05) is 15.9 Å². The van der Waals surface area contributed by atoms with Gasteiger partial charge in [-0.2, -0.15) is 0 Å². The van der Waals surface area contributed by atoms with Crippen LogP contribution in [0.1, 0.15) is 12.8 Å². The van der Waals surface area contributed by atoms with Crippen LogP contribution in [0.5, 0.6) is 0 Å². The number of carbonyl (C=O) groups is 2.